The Kier molecular flexibility index (Phi) is 5.31. The van der Waals surface area contributed by atoms with Crippen LogP contribution >= 0.6 is 0 Å². The molecule has 0 fully saturated rings. The second-order valence-electron chi connectivity index (χ2n) is 4.85. The van der Waals surface area contributed by atoms with Crippen LogP contribution in [0.25, 0.3) is 0 Å². The van der Waals surface area contributed by atoms with Crippen molar-refractivity contribution in [3.05, 3.63) is 47.5 Å². The largest absolute Gasteiger partial charge is 0.356 e. The van der Waals surface area contributed by atoms with E-state index in [9.17, 15) is 0 Å². The molecular weight excluding hydrogens is 264 g/mol. The van der Waals surface area contributed by atoms with Gasteiger partial charge in [0, 0.05) is 39.2 Å². The number of hydrogen-bond donors (Lipinski definition) is 2. The predicted molar refractivity (Wildman–Crippen MR) is 84.1 cm³/mol. The number of nitrogens with zero attached hydrogens (tertiary/aromatic N) is 4. The third-order valence-corrected chi connectivity index (χ3v) is 3.41. The van der Waals surface area contributed by atoms with E-state index in [4.69, 9.17) is 0 Å². The molecule has 0 aliphatic carbocycles. The molecule has 2 aromatic rings. The van der Waals surface area contributed by atoms with Gasteiger partial charge in [0.15, 0.2) is 5.96 Å². The Balaban J connectivity index is 1.78. The molecule has 0 saturated heterocycles. The van der Waals surface area contributed by atoms with E-state index in [1.807, 2.05) is 30.2 Å². The second kappa shape index (κ2) is 7.42. The monoisotopic (exact) mass is 286 g/mol. The molecule has 0 bridgehead atoms. The van der Waals surface area contributed by atoms with Gasteiger partial charge in [-0.15, -0.1) is 0 Å². The summed E-state index contributed by atoms with van der Waals surface area (Å²) in [5, 5.41) is 10.7. The molecule has 0 spiro atoms. The van der Waals surface area contributed by atoms with Crippen molar-refractivity contribution in [1.82, 2.24) is 25.4 Å². The van der Waals surface area contributed by atoms with E-state index >= 15 is 0 Å². The van der Waals surface area contributed by atoms with Crippen molar-refractivity contribution < 1.29 is 0 Å². The highest BCUT2D eigenvalue weighted by Crippen LogP contribution is 2.04. The number of nitrogens with one attached hydrogen (secondary N) is 2. The minimum atomic E-state index is 0.699. The highest BCUT2D eigenvalue weighted by Gasteiger charge is 2.02. The number of pyridine rings is 1. The highest BCUT2D eigenvalue weighted by atomic mass is 15.3. The molecule has 2 heterocycles. The van der Waals surface area contributed by atoms with E-state index in [-0.39, 0.29) is 0 Å². The third-order valence-electron chi connectivity index (χ3n) is 3.41. The first-order valence-corrected chi connectivity index (χ1v) is 7.01. The van der Waals surface area contributed by atoms with E-state index < -0.39 is 0 Å². The van der Waals surface area contributed by atoms with Crippen LogP contribution in [0.3, 0.4) is 0 Å². The van der Waals surface area contributed by atoms with Gasteiger partial charge in [0.2, 0.25) is 0 Å². The predicted octanol–water partition coefficient (Wildman–Crippen LogP) is 1.03. The van der Waals surface area contributed by atoms with E-state index in [0.29, 0.717) is 6.54 Å². The van der Waals surface area contributed by atoms with Crippen LogP contribution in [0, 0.1) is 6.92 Å². The molecule has 0 aliphatic rings. The number of aromatic nitrogens is 3. The van der Waals surface area contributed by atoms with Crippen molar-refractivity contribution in [2.45, 2.75) is 19.9 Å². The van der Waals surface area contributed by atoms with Crippen LogP contribution in [0.1, 0.15) is 16.8 Å². The van der Waals surface area contributed by atoms with Crippen molar-refractivity contribution in [1.29, 1.82) is 0 Å². The summed E-state index contributed by atoms with van der Waals surface area (Å²) < 4.78 is 1.85. The fourth-order valence-electron chi connectivity index (χ4n) is 2.07. The Morgan fingerprint density at radius 2 is 2.14 bits per heavy atom. The summed E-state index contributed by atoms with van der Waals surface area (Å²) in [6.45, 7) is 3.61. The van der Waals surface area contributed by atoms with E-state index in [1.165, 1.54) is 11.1 Å². The van der Waals surface area contributed by atoms with Gasteiger partial charge in [-0.1, -0.05) is 0 Å². The third kappa shape index (κ3) is 4.30. The van der Waals surface area contributed by atoms with Gasteiger partial charge in [-0.3, -0.25) is 14.7 Å². The number of aliphatic imine (C=N–C) groups is 1. The first kappa shape index (κ1) is 15.0. The Bertz CT molecular complexity index is 602. The lowest BCUT2D eigenvalue weighted by molar-refractivity contribution is 0.684. The van der Waals surface area contributed by atoms with Crippen molar-refractivity contribution in [3.8, 4) is 0 Å². The molecule has 0 aromatic carbocycles. The van der Waals surface area contributed by atoms with Crippen LogP contribution in [0.5, 0.6) is 0 Å². The van der Waals surface area contributed by atoms with Crippen LogP contribution in [0.2, 0.25) is 0 Å². The van der Waals surface area contributed by atoms with Crippen LogP contribution in [0.15, 0.2) is 35.7 Å². The van der Waals surface area contributed by atoms with Crippen molar-refractivity contribution >= 4 is 5.96 Å². The molecule has 6 nitrogen and oxygen atoms in total. The van der Waals surface area contributed by atoms with Crippen molar-refractivity contribution in [3.63, 3.8) is 0 Å². The van der Waals surface area contributed by atoms with Crippen LogP contribution in [-0.4, -0.2) is 34.3 Å². The molecule has 0 aliphatic heterocycles. The summed E-state index contributed by atoms with van der Waals surface area (Å²) in [7, 11) is 3.70. The first-order chi connectivity index (χ1) is 10.2. The Morgan fingerprint density at radius 3 is 2.81 bits per heavy atom. The summed E-state index contributed by atoms with van der Waals surface area (Å²) in [6.07, 6.45) is 6.46. The number of aryl methyl sites for hydroxylation is 2. The summed E-state index contributed by atoms with van der Waals surface area (Å²) >= 11 is 0. The molecule has 6 heteroatoms. The maximum atomic E-state index is 4.22. The quantitative estimate of drug-likeness (QED) is 0.636. The molecule has 0 saturated carbocycles. The molecule has 2 N–H and O–H groups in total. The minimum Gasteiger partial charge on any atom is -0.356 e. The zero-order valence-corrected chi connectivity index (χ0v) is 12.8. The SMILES string of the molecule is CN=C(NCCc1ccncc1C)NCc1ccnn1C. The fourth-order valence-corrected chi connectivity index (χ4v) is 2.07. The standard InChI is InChI=1S/C15H22N6/c1-12-10-17-7-4-13(12)5-8-18-15(16-2)19-11-14-6-9-20-21(14)3/h4,6-7,9-10H,5,8,11H2,1-3H3,(H2,16,18,19). The highest BCUT2D eigenvalue weighted by molar-refractivity contribution is 5.79. The smallest absolute Gasteiger partial charge is 0.191 e. The average molecular weight is 286 g/mol. The van der Waals surface area contributed by atoms with Crippen LogP contribution in [0.4, 0.5) is 0 Å². The van der Waals surface area contributed by atoms with Crippen LogP contribution < -0.4 is 10.6 Å². The Labute approximate surface area is 125 Å². The molecule has 112 valence electrons. The fraction of sp³-hybridized carbons (Fsp3) is 0.400. The Hall–Kier alpha value is -2.37. The lowest BCUT2D eigenvalue weighted by Gasteiger charge is -2.12. The molecule has 2 rings (SSSR count). The van der Waals surface area contributed by atoms with Gasteiger partial charge in [-0.2, -0.15) is 5.10 Å². The van der Waals surface area contributed by atoms with Gasteiger partial charge >= 0.3 is 0 Å². The van der Waals surface area contributed by atoms with Crippen molar-refractivity contribution in [2.75, 3.05) is 13.6 Å². The second-order valence-corrected chi connectivity index (χ2v) is 4.85. The van der Waals surface area contributed by atoms with E-state index in [2.05, 4.69) is 38.7 Å². The molecular formula is C15H22N6. The zero-order chi connectivity index (χ0) is 15.1. The minimum absolute atomic E-state index is 0.699. The topological polar surface area (TPSA) is 67.1 Å². The summed E-state index contributed by atoms with van der Waals surface area (Å²) in [5.74, 6) is 0.794. The lowest BCUT2D eigenvalue weighted by Crippen LogP contribution is -2.38. The maximum Gasteiger partial charge on any atom is 0.191 e. The van der Waals surface area contributed by atoms with E-state index in [1.54, 1.807) is 13.2 Å². The Morgan fingerprint density at radius 1 is 1.29 bits per heavy atom. The lowest BCUT2D eigenvalue weighted by atomic mass is 10.1. The van der Waals surface area contributed by atoms with E-state index in [0.717, 1.165) is 24.6 Å². The maximum absolute atomic E-state index is 4.22. The summed E-state index contributed by atoms with van der Waals surface area (Å²) in [6, 6.07) is 4.05. The number of hydrogen-bond acceptors (Lipinski definition) is 3. The zero-order valence-electron chi connectivity index (χ0n) is 12.8. The van der Waals surface area contributed by atoms with Crippen molar-refractivity contribution in [2.24, 2.45) is 12.0 Å². The molecule has 2 aromatic heterocycles. The number of rotatable bonds is 5. The molecule has 0 radical (unpaired) electrons. The molecule has 0 amide bonds. The number of guanidine groups is 1. The van der Waals surface area contributed by atoms with Gasteiger partial charge in [-0.25, -0.2) is 0 Å². The average Bonchev–Trinajstić information content (AvgIpc) is 2.90. The normalized spacial score (nSPS) is 11.5. The van der Waals surface area contributed by atoms with Gasteiger partial charge in [0.05, 0.1) is 12.2 Å². The molecule has 0 atom stereocenters. The summed E-state index contributed by atoms with van der Waals surface area (Å²) in [5.41, 5.74) is 3.64. The van der Waals surface area contributed by atoms with Gasteiger partial charge < -0.3 is 10.6 Å². The summed E-state index contributed by atoms with van der Waals surface area (Å²) in [4.78, 5) is 8.33. The molecule has 0 unspecified atom stereocenters. The molecule has 21 heavy (non-hydrogen) atoms. The van der Waals surface area contributed by atoms with Gasteiger partial charge in [0.25, 0.3) is 0 Å². The van der Waals surface area contributed by atoms with Gasteiger partial charge in [-0.05, 0) is 36.6 Å². The van der Waals surface area contributed by atoms with Crippen LogP contribution in [-0.2, 0) is 20.0 Å². The first-order valence-electron chi connectivity index (χ1n) is 7.01. The van der Waals surface area contributed by atoms with Gasteiger partial charge in [0.1, 0.15) is 0 Å².